The van der Waals surface area contributed by atoms with E-state index in [0.29, 0.717) is 17.7 Å². The predicted octanol–water partition coefficient (Wildman–Crippen LogP) is 5.35. The fourth-order valence-electron chi connectivity index (χ4n) is 2.86. The molecule has 150 valence electrons. The molecule has 1 heterocycles. The van der Waals surface area contributed by atoms with Crippen molar-refractivity contribution in [2.75, 3.05) is 5.32 Å². The lowest BCUT2D eigenvalue weighted by molar-refractivity contribution is -0.143. The van der Waals surface area contributed by atoms with Gasteiger partial charge >= 0.3 is 12.4 Å². The Morgan fingerprint density at radius 3 is 2.21 bits per heavy atom. The minimum Gasteiger partial charge on any atom is -0.322 e. The number of rotatable bonds is 3. The molecule has 0 bridgehead atoms. The Bertz CT molecular complexity index is 894. The van der Waals surface area contributed by atoms with Gasteiger partial charge in [0.15, 0.2) is 5.69 Å². The quantitative estimate of drug-likeness (QED) is 0.703. The minimum absolute atomic E-state index is 0.0365. The van der Waals surface area contributed by atoms with Crippen molar-refractivity contribution in [1.82, 2.24) is 9.78 Å². The number of nitrogens with zero attached hydrogens (tertiary/aromatic N) is 2. The first-order valence-corrected chi connectivity index (χ1v) is 8.41. The van der Waals surface area contributed by atoms with Gasteiger partial charge in [0.05, 0.1) is 5.69 Å². The SMILES string of the molecule is O=C(Nc1ccc(-n2nc(C(F)(F)F)cc2C(F)(F)F)cc1)C1=CCCCC1. The number of halogens is 6. The van der Waals surface area contributed by atoms with Crippen LogP contribution in [0.25, 0.3) is 5.69 Å². The maximum absolute atomic E-state index is 13.1. The molecule has 3 rings (SSSR count). The maximum Gasteiger partial charge on any atom is 0.435 e. The second-order valence-electron chi connectivity index (χ2n) is 6.30. The van der Waals surface area contributed by atoms with Gasteiger partial charge < -0.3 is 5.32 Å². The molecule has 0 aliphatic heterocycles. The van der Waals surface area contributed by atoms with Crippen molar-refractivity contribution in [3.05, 3.63) is 53.4 Å². The lowest BCUT2D eigenvalue weighted by atomic mass is 9.99. The van der Waals surface area contributed by atoms with Gasteiger partial charge in [0, 0.05) is 17.3 Å². The molecule has 1 aliphatic rings. The summed E-state index contributed by atoms with van der Waals surface area (Å²) in [5, 5.41) is 5.68. The van der Waals surface area contributed by atoms with Crippen molar-refractivity contribution in [3.8, 4) is 5.69 Å². The Labute approximate surface area is 155 Å². The molecule has 2 aromatic rings. The third-order valence-electron chi connectivity index (χ3n) is 4.24. The number of hydrogen-bond donors (Lipinski definition) is 1. The highest BCUT2D eigenvalue weighted by Gasteiger charge is 2.42. The molecule has 0 atom stereocenters. The van der Waals surface area contributed by atoms with E-state index in [1.165, 1.54) is 12.1 Å². The van der Waals surface area contributed by atoms with Gasteiger partial charge in [-0.25, -0.2) is 4.68 Å². The summed E-state index contributed by atoms with van der Waals surface area (Å²) in [4.78, 5) is 12.2. The summed E-state index contributed by atoms with van der Waals surface area (Å²) in [5.74, 6) is -0.304. The van der Waals surface area contributed by atoms with Gasteiger partial charge in [-0.15, -0.1) is 0 Å². The lowest BCUT2D eigenvalue weighted by Crippen LogP contribution is -2.16. The van der Waals surface area contributed by atoms with Crippen molar-refractivity contribution in [2.45, 2.75) is 38.0 Å². The lowest BCUT2D eigenvalue weighted by Gasteiger charge is -2.13. The van der Waals surface area contributed by atoms with Crippen molar-refractivity contribution in [2.24, 2.45) is 0 Å². The van der Waals surface area contributed by atoms with E-state index < -0.39 is 23.7 Å². The Morgan fingerprint density at radius 2 is 1.68 bits per heavy atom. The molecule has 28 heavy (non-hydrogen) atoms. The number of aromatic nitrogens is 2. The average Bonchev–Trinajstić information content (AvgIpc) is 3.09. The van der Waals surface area contributed by atoms with Gasteiger partial charge in [-0.1, -0.05) is 6.08 Å². The highest BCUT2D eigenvalue weighted by atomic mass is 19.4. The standard InChI is InChI=1S/C18H15F6N3O/c19-17(20,21)14-10-15(18(22,23)24)27(26-14)13-8-6-12(7-9-13)25-16(28)11-4-2-1-3-5-11/h4,6-10H,1-3,5H2,(H,25,28). The summed E-state index contributed by atoms with van der Waals surface area (Å²) in [6, 6.07) is 4.91. The summed E-state index contributed by atoms with van der Waals surface area (Å²) in [6.07, 6.45) is -4.82. The fourth-order valence-corrected chi connectivity index (χ4v) is 2.86. The number of anilines is 1. The van der Waals surface area contributed by atoms with E-state index in [-0.39, 0.29) is 22.3 Å². The molecule has 1 aromatic carbocycles. The molecule has 1 amide bonds. The van der Waals surface area contributed by atoms with E-state index >= 15 is 0 Å². The van der Waals surface area contributed by atoms with E-state index in [1.54, 1.807) is 0 Å². The van der Waals surface area contributed by atoms with Crippen LogP contribution >= 0.6 is 0 Å². The van der Waals surface area contributed by atoms with Crippen LogP contribution in [-0.2, 0) is 17.1 Å². The summed E-state index contributed by atoms with van der Waals surface area (Å²) in [6.45, 7) is 0. The molecule has 4 nitrogen and oxygen atoms in total. The van der Waals surface area contributed by atoms with Crippen LogP contribution < -0.4 is 5.32 Å². The fraction of sp³-hybridized carbons (Fsp3) is 0.333. The van der Waals surface area contributed by atoms with E-state index in [4.69, 9.17) is 0 Å². The van der Waals surface area contributed by atoms with Crippen molar-refractivity contribution in [3.63, 3.8) is 0 Å². The smallest absolute Gasteiger partial charge is 0.322 e. The Hall–Kier alpha value is -2.78. The van der Waals surface area contributed by atoms with Crippen LogP contribution in [0.2, 0.25) is 0 Å². The first-order chi connectivity index (χ1) is 13.1. The molecule has 1 aliphatic carbocycles. The molecular formula is C18H15F6N3O. The number of allylic oxidation sites excluding steroid dienone is 1. The third-order valence-corrected chi connectivity index (χ3v) is 4.24. The van der Waals surface area contributed by atoms with Gasteiger partial charge in [-0.05, 0) is 49.9 Å². The number of benzene rings is 1. The van der Waals surface area contributed by atoms with Crippen LogP contribution in [0.3, 0.4) is 0 Å². The minimum atomic E-state index is -5.02. The molecule has 10 heteroatoms. The summed E-state index contributed by atoms with van der Waals surface area (Å²) in [7, 11) is 0. The Kier molecular flexibility index (Phi) is 5.22. The summed E-state index contributed by atoms with van der Waals surface area (Å²) in [5.41, 5.74) is -2.43. The average molecular weight is 403 g/mol. The maximum atomic E-state index is 13.1. The first-order valence-electron chi connectivity index (χ1n) is 8.41. The van der Waals surface area contributed by atoms with Crippen LogP contribution in [-0.4, -0.2) is 15.7 Å². The number of hydrogen-bond acceptors (Lipinski definition) is 2. The highest BCUT2D eigenvalue weighted by molar-refractivity contribution is 6.03. The molecule has 1 aromatic heterocycles. The van der Waals surface area contributed by atoms with E-state index in [9.17, 15) is 31.1 Å². The van der Waals surface area contributed by atoms with Crippen molar-refractivity contribution >= 4 is 11.6 Å². The molecule has 1 N–H and O–H groups in total. The van der Waals surface area contributed by atoms with Crippen LogP contribution in [0, 0.1) is 0 Å². The van der Waals surface area contributed by atoms with Crippen LogP contribution in [0.4, 0.5) is 32.0 Å². The third kappa shape index (κ3) is 4.37. The Balaban J connectivity index is 1.86. The number of nitrogens with one attached hydrogen (secondary N) is 1. The molecule has 0 radical (unpaired) electrons. The van der Waals surface area contributed by atoms with Gasteiger partial charge in [0.25, 0.3) is 5.91 Å². The van der Waals surface area contributed by atoms with E-state index in [0.717, 1.165) is 31.4 Å². The highest BCUT2D eigenvalue weighted by Crippen LogP contribution is 2.36. The number of alkyl halides is 6. The van der Waals surface area contributed by atoms with E-state index in [2.05, 4.69) is 10.4 Å². The number of amides is 1. The zero-order chi connectivity index (χ0) is 20.5. The Morgan fingerprint density at radius 1 is 1.00 bits per heavy atom. The summed E-state index contributed by atoms with van der Waals surface area (Å²) < 4.78 is 77.8. The molecule has 0 unspecified atom stereocenters. The van der Waals surface area contributed by atoms with Crippen LogP contribution in [0.1, 0.15) is 37.1 Å². The molecule has 0 saturated carbocycles. The normalized spacial score (nSPS) is 15.3. The molecule has 0 saturated heterocycles. The summed E-state index contributed by atoms with van der Waals surface area (Å²) >= 11 is 0. The monoisotopic (exact) mass is 403 g/mol. The zero-order valence-electron chi connectivity index (χ0n) is 14.4. The van der Waals surface area contributed by atoms with Gasteiger partial charge in [0.1, 0.15) is 5.69 Å². The van der Waals surface area contributed by atoms with Gasteiger partial charge in [0.2, 0.25) is 0 Å². The molecule has 0 spiro atoms. The van der Waals surface area contributed by atoms with Crippen LogP contribution in [0.5, 0.6) is 0 Å². The topological polar surface area (TPSA) is 46.9 Å². The predicted molar refractivity (Wildman–Crippen MR) is 88.7 cm³/mol. The first kappa shape index (κ1) is 20.0. The molecule has 0 fully saturated rings. The van der Waals surface area contributed by atoms with E-state index in [1.807, 2.05) is 6.08 Å². The number of carbonyl (C=O) groups is 1. The second kappa shape index (κ2) is 7.33. The van der Waals surface area contributed by atoms with Crippen LogP contribution in [0.15, 0.2) is 42.0 Å². The molecular weight excluding hydrogens is 388 g/mol. The van der Waals surface area contributed by atoms with Crippen molar-refractivity contribution < 1.29 is 31.1 Å². The van der Waals surface area contributed by atoms with Gasteiger partial charge in [-0.3, -0.25) is 4.79 Å². The van der Waals surface area contributed by atoms with Crippen molar-refractivity contribution in [1.29, 1.82) is 0 Å². The van der Waals surface area contributed by atoms with Gasteiger partial charge in [-0.2, -0.15) is 31.4 Å². The zero-order valence-corrected chi connectivity index (χ0v) is 14.4. The largest absolute Gasteiger partial charge is 0.435 e. The second-order valence-corrected chi connectivity index (χ2v) is 6.30. The number of carbonyl (C=O) groups excluding carboxylic acids is 1.